The zero-order valence-electron chi connectivity index (χ0n) is 32.7. The lowest BCUT2D eigenvalue weighted by Gasteiger charge is -2.36. The fourth-order valence-electron chi connectivity index (χ4n) is 7.21. The van der Waals surface area contributed by atoms with Gasteiger partial charge in [0.05, 0.1) is 10.4 Å². The third-order valence-electron chi connectivity index (χ3n) is 10.6. The quantitative estimate of drug-likeness (QED) is 0.105. The number of nitrogens with two attached hydrogens (primary N) is 1. The van der Waals surface area contributed by atoms with Crippen LogP contribution in [0.25, 0.3) is 10.9 Å². The molecule has 1 aromatic heterocycles. The molecule has 2 unspecified atom stereocenters. The van der Waals surface area contributed by atoms with Crippen LogP contribution >= 0.6 is 7.92 Å². The third-order valence-corrected chi connectivity index (χ3v) is 16.2. The van der Waals surface area contributed by atoms with Crippen molar-refractivity contribution in [2.75, 3.05) is 0 Å². The lowest BCUT2D eigenvalue weighted by Crippen LogP contribution is -2.44. The van der Waals surface area contributed by atoms with E-state index in [2.05, 4.69) is 108 Å². The smallest absolute Gasteiger partial charge is 0.268 e. The second-order valence-corrected chi connectivity index (χ2v) is 22.4. The Hall–Kier alpha value is -3.71. The van der Waals surface area contributed by atoms with Gasteiger partial charge in [-0.05, 0) is 90.1 Å². The average Bonchev–Trinajstić information content (AvgIpc) is 3.46. The first-order chi connectivity index (χ1) is 25.4. The minimum Gasteiger partial charge on any atom is -0.598 e. The molecule has 0 saturated heterocycles. The molecule has 0 aliphatic rings. The molecule has 0 aliphatic carbocycles. The first-order valence-corrected chi connectivity index (χ1v) is 22.7. The minimum absolute atomic E-state index is 0.140. The Morgan fingerprint density at radius 3 is 1.63 bits per heavy atom. The van der Waals surface area contributed by atoms with Crippen molar-refractivity contribution in [3.05, 3.63) is 161 Å². The Morgan fingerprint density at radius 1 is 0.685 bits per heavy atom. The van der Waals surface area contributed by atoms with Gasteiger partial charge in [0.1, 0.15) is 4.75 Å². The fourth-order valence-corrected chi connectivity index (χ4v) is 11.8. The van der Waals surface area contributed by atoms with E-state index >= 15 is 8.42 Å². The molecular formula is C46H53N2O3PS2. The van der Waals surface area contributed by atoms with Crippen molar-refractivity contribution in [3.8, 4) is 0 Å². The number of benzene rings is 5. The predicted molar refractivity (Wildman–Crippen MR) is 230 cm³/mol. The lowest BCUT2D eigenvalue weighted by atomic mass is 9.75. The highest BCUT2D eigenvalue weighted by Gasteiger charge is 2.43. The Bertz CT molecular complexity index is 2250. The van der Waals surface area contributed by atoms with Crippen LogP contribution in [-0.2, 0) is 44.8 Å². The summed E-state index contributed by atoms with van der Waals surface area (Å²) in [6, 6.07) is 44.2. The molecule has 0 radical (unpaired) electrons. The van der Waals surface area contributed by atoms with Gasteiger partial charge in [0.15, 0.2) is 0 Å². The summed E-state index contributed by atoms with van der Waals surface area (Å²) in [5.41, 5.74) is 5.47. The number of fused-ring (bicyclic) bond motifs is 1. The van der Waals surface area contributed by atoms with E-state index in [1.807, 2.05) is 56.3 Å². The normalized spacial score (nSPS) is 14.1. The number of aromatic nitrogens is 1. The largest absolute Gasteiger partial charge is 0.598 e. The van der Waals surface area contributed by atoms with E-state index < -0.39 is 34.1 Å². The molecule has 0 fully saturated rings. The number of rotatable bonds is 11. The highest BCUT2D eigenvalue weighted by molar-refractivity contribution is 7.90. The molecule has 2 atom stereocenters. The first kappa shape index (κ1) is 40.0. The van der Waals surface area contributed by atoms with Crippen molar-refractivity contribution in [3.63, 3.8) is 0 Å². The maximum absolute atomic E-state index is 15.0. The van der Waals surface area contributed by atoms with Crippen LogP contribution in [0.5, 0.6) is 0 Å². The van der Waals surface area contributed by atoms with Crippen LogP contribution < -0.4 is 15.7 Å². The van der Waals surface area contributed by atoms with E-state index in [1.54, 1.807) is 28.2 Å². The van der Waals surface area contributed by atoms with Crippen molar-refractivity contribution >= 4 is 50.8 Å². The second-order valence-electron chi connectivity index (χ2n) is 16.8. The minimum atomic E-state index is -4.05. The van der Waals surface area contributed by atoms with E-state index in [-0.39, 0.29) is 21.6 Å². The van der Waals surface area contributed by atoms with Gasteiger partial charge in [0.2, 0.25) is 0 Å². The molecule has 282 valence electrons. The molecule has 5 nitrogen and oxygen atoms in total. The number of hydrogen-bond donors (Lipinski definition) is 1. The SMILES string of the molecule is CC(C)(C)c1cc(C(Cc2c(CP(c3ccccc3)c3ccccc3)n(S(=O)(=O)c3ccccc3)c3ccccc23)C(C)(C)[S+](N)[O-])cc(C(C)(C)C)c1. The van der Waals surface area contributed by atoms with Gasteiger partial charge in [0, 0.05) is 34.5 Å². The summed E-state index contributed by atoms with van der Waals surface area (Å²) in [7, 11) is -5.09. The van der Waals surface area contributed by atoms with Gasteiger partial charge in [-0.15, -0.1) is 0 Å². The van der Waals surface area contributed by atoms with Crippen molar-refractivity contribution in [1.82, 2.24) is 3.97 Å². The van der Waals surface area contributed by atoms with E-state index in [4.69, 9.17) is 5.14 Å². The zero-order chi connectivity index (χ0) is 39.1. The summed E-state index contributed by atoms with van der Waals surface area (Å²) in [5.74, 6) is -0.316. The van der Waals surface area contributed by atoms with Crippen LogP contribution in [-0.4, -0.2) is 21.7 Å². The predicted octanol–water partition coefficient (Wildman–Crippen LogP) is 9.83. The maximum Gasteiger partial charge on any atom is 0.268 e. The highest BCUT2D eigenvalue weighted by atomic mass is 32.2. The summed E-state index contributed by atoms with van der Waals surface area (Å²) >= 11 is -1.71. The van der Waals surface area contributed by atoms with Crippen LogP contribution in [0.2, 0.25) is 0 Å². The van der Waals surface area contributed by atoms with Crippen LogP contribution in [0, 0.1) is 0 Å². The van der Waals surface area contributed by atoms with Crippen LogP contribution in [0.15, 0.2) is 138 Å². The molecule has 0 amide bonds. The van der Waals surface area contributed by atoms with Crippen LogP contribution in [0.4, 0.5) is 0 Å². The standard InChI is InChI=1S/C46H53N2O3PS2/c1-44(2,3)34-28-33(29-35(30-34)45(4,5)6)41(46(7,8)53(47)49)31-40-39-26-18-19-27-42(39)48(54(50,51)38-24-16-11-17-25-38)43(40)32-52(36-20-12-9-13-21-36)37-22-14-10-15-23-37/h9-30,41H,31-32,47H2,1-8H3. The Balaban J connectivity index is 1.68. The van der Waals surface area contributed by atoms with Gasteiger partial charge in [0.25, 0.3) is 10.0 Å². The maximum atomic E-state index is 15.0. The van der Waals surface area contributed by atoms with E-state index in [0.717, 1.165) is 32.8 Å². The van der Waals surface area contributed by atoms with Gasteiger partial charge in [-0.3, -0.25) is 0 Å². The number of para-hydroxylation sites is 1. The van der Waals surface area contributed by atoms with Gasteiger partial charge >= 0.3 is 0 Å². The third kappa shape index (κ3) is 8.12. The Labute approximate surface area is 327 Å². The summed E-state index contributed by atoms with van der Waals surface area (Å²) in [6.07, 6.45) is 0.917. The van der Waals surface area contributed by atoms with Crippen LogP contribution in [0.1, 0.15) is 89.3 Å². The van der Waals surface area contributed by atoms with Crippen molar-refractivity contribution in [2.24, 2.45) is 5.14 Å². The number of nitrogens with zero attached hydrogens (tertiary/aromatic N) is 1. The van der Waals surface area contributed by atoms with Crippen molar-refractivity contribution in [1.29, 1.82) is 0 Å². The molecule has 6 rings (SSSR count). The van der Waals surface area contributed by atoms with Gasteiger partial charge in [-0.25, -0.2) is 12.4 Å². The molecule has 0 saturated carbocycles. The molecule has 0 aliphatic heterocycles. The second kappa shape index (κ2) is 15.4. The average molecular weight is 777 g/mol. The van der Waals surface area contributed by atoms with Crippen molar-refractivity contribution < 1.29 is 13.0 Å². The molecule has 5 aromatic carbocycles. The Morgan fingerprint density at radius 2 is 1.15 bits per heavy atom. The van der Waals surface area contributed by atoms with E-state index in [9.17, 15) is 4.55 Å². The lowest BCUT2D eigenvalue weighted by molar-refractivity contribution is 0.478. The number of hydrogen-bond acceptors (Lipinski definition) is 4. The summed E-state index contributed by atoms with van der Waals surface area (Å²) in [5, 5.41) is 9.61. The van der Waals surface area contributed by atoms with E-state index in [1.165, 1.54) is 11.1 Å². The van der Waals surface area contributed by atoms with Gasteiger partial charge < -0.3 is 4.55 Å². The monoisotopic (exact) mass is 776 g/mol. The van der Waals surface area contributed by atoms with Gasteiger partial charge in [-0.2, -0.15) is 5.14 Å². The van der Waals surface area contributed by atoms with Gasteiger partial charge in [-0.1, -0.05) is 157 Å². The van der Waals surface area contributed by atoms with Crippen molar-refractivity contribution in [2.45, 2.75) is 94.4 Å². The molecule has 6 aromatic rings. The highest BCUT2D eigenvalue weighted by Crippen LogP contribution is 2.46. The molecule has 8 heteroatoms. The Kier molecular flexibility index (Phi) is 11.4. The molecular weight excluding hydrogens is 724 g/mol. The molecule has 0 spiro atoms. The zero-order valence-corrected chi connectivity index (χ0v) is 35.2. The summed E-state index contributed by atoms with van der Waals surface area (Å²) < 4.78 is 44.4. The molecule has 1 heterocycles. The molecule has 2 N–H and O–H groups in total. The molecule has 54 heavy (non-hydrogen) atoms. The fraction of sp³-hybridized carbons (Fsp3) is 0.304. The molecule has 0 bridgehead atoms. The topological polar surface area (TPSA) is 88.2 Å². The summed E-state index contributed by atoms with van der Waals surface area (Å²) in [4.78, 5) is 0.231. The van der Waals surface area contributed by atoms with Crippen LogP contribution in [0.3, 0.4) is 0 Å². The summed E-state index contributed by atoms with van der Waals surface area (Å²) in [6.45, 7) is 17.3. The van der Waals surface area contributed by atoms with E-state index in [0.29, 0.717) is 18.1 Å². The first-order valence-electron chi connectivity index (χ1n) is 18.5.